The second kappa shape index (κ2) is 3.79. The quantitative estimate of drug-likeness (QED) is 0.752. The molecule has 76 valence electrons. The Bertz CT molecular complexity index is 311. The summed E-state index contributed by atoms with van der Waals surface area (Å²) < 4.78 is 5.19. The predicted molar refractivity (Wildman–Crippen MR) is 54.6 cm³/mol. The Morgan fingerprint density at radius 3 is 2.93 bits per heavy atom. The van der Waals surface area contributed by atoms with E-state index in [-0.39, 0.29) is 0 Å². The van der Waals surface area contributed by atoms with Crippen molar-refractivity contribution in [3.05, 3.63) is 12.4 Å². The minimum Gasteiger partial charge on any atom is -0.378 e. The summed E-state index contributed by atoms with van der Waals surface area (Å²) in [6, 6.07) is 0. The first-order chi connectivity index (χ1) is 6.83. The third kappa shape index (κ3) is 1.63. The molecule has 14 heavy (non-hydrogen) atoms. The van der Waals surface area contributed by atoms with E-state index >= 15 is 0 Å². The zero-order valence-electron chi connectivity index (χ0n) is 8.40. The molecule has 1 aromatic heterocycles. The minimum atomic E-state index is 0.343. The number of hydrogen-bond donors (Lipinski definition) is 1. The summed E-state index contributed by atoms with van der Waals surface area (Å²) in [7, 11) is 3.57. The van der Waals surface area contributed by atoms with Crippen molar-refractivity contribution in [3.63, 3.8) is 0 Å². The van der Waals surface area contributed by atoms with Crippen molar-refractivity contribution in [2.75, 3.05) is 37.5 Å². The number of nitrogens with zero attached hydrogens (tertiary/aromatic N) is 3. The lowest BCUT2D eigenvalue weighted by molar-refractivity contribution is 0.0783. The highest BCUT2D eigenvalue weighted by Gasteiger charge is 2.27. The molecule has 0 spiro atoms. The molecule has 1 aliphatic heterocycles. The average Bonchev–Trinajstić information content (AvgIpc) is 2.17. The molecule has 0 aliphatic carbocycles. The van der Waals surface area contributed by atoms with E-state index in [1.54, 1.807) is 19.5 Å². The van der Waals surface area contributed by atoms with Gasteiger partial charge in [-0.25, -0.2) is 4.98 Å². The molecular weight excluding hydrogens is 180 g/mol. The van der Waals surface area contributed by atoms with Crippen LogP contribution in [0.4, 0.5) is 11.6 Å². The van der Waals surface area contributed by atoms with E-state index in [1.165, 1.54) is 0 Å². The van der Waals surface area contributed by atoms with Crippen molar-refractivity contribution in [2.24, 2.45) is 0 Å². The van der Waals surface area contributed by atoms with Crippen LogP contribution in [0.2, 0.25) is 0 Å². The van der Waals surface area contributed by atoms with E-state index in [0.29, 0.717) is 6.10 Å². The van der Waals surface area contributed by atoms with Crippen molar-refractivity contribution in [1.82, 2.24) is 9.97 Å². The highest BCUT2D eigenvalue weighted by molar-refractivity contribution is 5.45. The Hall–Kier alpha value is -1.36. The fourth-order valence-electron chi connectivity index (χ4n) is 1.40. The van der Waals surface area contributed by atoms with Crippen LogP contribution in [0.25, 0.3) is 0 Å². The van der Waals surface area contributed by atoms with E-state index in [2.05, 4.69) is 20.2 Å². The van der Waals surface area contributed by atoms with Crippen LogP contribution in [0.5, 0.6) is 0 Å². The van der Waals surface area contributed by atoms with Gasteiger partial charge in [0, 0.05) is 27.2 Å². The van der Waals surface area contributed by atoms with Crippen LogP contribution in [0.1, 0.15) is 0 Å². The number of ether oxygens (including phenoxy) is 1. The lowest BCUT2D eigenvalue weighted by atomic mass is 10.2. The molecule has 1 aliphatic rings. The molecule has 0 atom stereocenters. The van der Waals surface area contributed by atoms with Crippen molar-refractivity contribution in [3.8, 4) is 0 Å². The van der Waals surface area contributed by atoms with Crippen LogP contribution in [0, 0.1) is 0 Å². The molecule has 2 rings (SSSR count). The molecule has 5 heteroatoms. The molecule has 5 nitrogen and oxygen atoms in total. The van der Waals surface area contributed by atoms with Crippen molar-refractivity contribution in [2.45, 2.75) is 6.10 Å². The van der Waals surface area contributed by atoms with Crippen LogP contribution in [0.3, 0.4) is 0 Å². The molecule has 0 radical (unpaired) electrons. The lowest BCUT2D eigenvalue weighted by Crippen LogP contribution is -2.52. The summed E-state index contributed by atoms with van der Waals surface area (Å²) >= 11 is 0. The second-order valence-corrected chi connectivity index (χ2v) is 3.28. The van der Waals surface area contributed by atoms with E-state index in [0.717, 1.165) is 24.7 Å². The zero-order valence-corrected chi connectivity index (χ0v) is 8.40. The first-order valence-corrected chi connectivity index (χ1v) is 4.61. The monoisotopic (exact) mass is 194 g/mol. The fourth-order valence-corrected chi connectivity index (χ4v) is 1.40. The van der Waals surface area contributed by atoms with Crippen LogP contribution in [-0.4, -0.2) is 43.3 Å². The van der Waals surface area contributed by atoms with Gasteiger partial charge in [0.25, 0.3) is 0 Å². The summed E-state index contributed by atoms with van der Waals surface area (Å²) in [6.45, 7) is 1.80. The molecule has 1 N–H and O–H groups in total. The molecule has 0 unspecified atom stereocenters. The minimum absolute atomic E-state index is 0.343. The van der Waals surface area contributed by atoms with Crippen molar-refractivity contribution >= 4 is 11.6 Å². The lowest BCUT2D eigenvalue weighted by Gasteiger charge is -2.38. The fraction of sp³-hybridized carbons (Fsp3) is 0.556. The van der Waals surface area contributed by atoms with Crippen molar-refractivity contribution < 1.29 is 4.74 Å². The maximum atomic E-state index is 5.19. The summed E-state index contributed by atoms with van der Waals surface area (Å²) in [5.74, 6) is 1.70. The Balaban J connectivity index is 2.03. The zero-order chi connectivity index (χ0) is 9.97. The first-order valence-electron chi connectivity index (χ1n) is 4.61. The number of nitrogens with one attached hydrogen (secondary N) is 1. The first kappa shape index (κ1) is 9.21. The van der Waals surface area contributed by atoms with Gasteiger partial charge in [0.1, 0.15) is 11.6 Å². The summed E-state index contributed by atoms with van der Waals surface area (Å²) in [6.07, 6.45) is 3.82. The Morgan fingerprint density at radius 1 is 1.50 bits per heavy atom. The molecule has 1 aromatic rings. The van der Waals surface area contributed by atoms with Crippen LogP contribution < -0.4 is 10.2 Å². The molecule has 0 aromatic carbocycles. The van der Waals surface area contributed by atoms with Gasteiger partial charge in [-0.3, -0.25) is 4.98 Å². The standard InChI is InChI=1S/C9H14N4O/c1-10-8-3-11-4-9(12-8)13-5-7(6-13)14-2/h3-4,7H,5-6H2,1-2H3,(H,10,12). The topological polar surface area (TPSA) is 50.3 Å². The van der Waals surface area contributed by atoms with Gasteiger partial charge in [0.15, 0.2) is 0 Å². The predicted octanol–water partition coefficient (Wildman–Crippen LogP) is 0.353. The molecule has 0 saturated carbocycles. The van der Waals surface area contributed by atoms with Crippen LogP contribution in [0.15, 0.2) is 12.4 Å². The normalized spacial score (nSPS) is 16.6. The smallest absolute Gasteiger partial charge is 0.149 e. The van der Waals surface area contributed by atoms with E-state index < -0.39 is 0 Å². The van der Waals surface area contributed by atoms with E-state index in [9.17, 15) is 0 Å². The Kier molecular flexibility index (Phi) is 2.49. The molecular formula is C9H14N4O. The largest absolute Gasteiger partial charge is 0.378 e. The number of aromatic nitrogens is 2. The van der Waals surface area contributed by atoms with E-state index in [4.69, 9.17) is 4.74 Å². The Labute approximate surface area is 83.1 Å². The summed E-state index contributed by atoms with van der Waals surface area (Å²) in [5, 5.41) is 2.96. The van der Waals surface area contributed by atoms with Gasteiger partial charge in [-0.15, -0.1) is 0 Å². The van der Waals surface area contributed by atoms with Gasteiger partial charge in [-0.05, 0) is 0 Å². The van der Waals surface area contributed by atoms with Gasteiger partial charge in [0.2, 0.25) is 0 Å². The number of hydrogen-bond acceptors (Lipinski definition) is 5. The van der Waals surface area contributed by atoms with Gasteiger partial charge >= 0.3 is 0 Å². The van der Waals surface area contributed by atoms with Gasteiger partial charge < -0.3 is 15.0 Å². The average molecular weight is 194 g/mol. The second-order valence-electron chi connectivity index (χ2n) is 3.28. The molecule has 2 heterocycles. The number of rotatable bonds is 3. The van der Waals surface area contributed by atoms with Gasteiger partial charge in [0.05, 0.1) is 18.5 Å². The van der Waals surface area contributed by atoms with Crippen LogP contribution in [-0.2, 0) is 4.74 Å². The third-order valence-electron chi connectivity index (χ3n) is 2.38. The Morgan fingerprint density at radius 2 is 2.29 bits per heavy atom. The van der Waals surface area contributed by atoms with Crippen molar-refractivity contribution in [1.29, 1.82) is 0 Å². The molecule has 0 bridgehead atoms. The van der Waals surface area contributed by atoms with Crippen LogP contribution >= 0.6 is 0 Å². The highest BCUT2D eigenvalue weighted by atomic mass is 16.5. The number of methoxy groups -OCH3 is 1. The maximum Gasteiger partial charge on any atom is 0.149 e. The molecule has 0 amide bonds. The summed E-state index contributed by atoms with van der Waals surface area (Å²) in [5.41, 5.74) is 0. The van der Waals surface area contributed by atoms with Gasteiger partial charge in [-0.1, -0.05) is 0 Å². The third-order valence-corrected chi connectivity index (χ3v) is 2.38. The van der Waals surface area contributed by atoms with E-state index in [1.807, 2.05) is 7.05 Å². The summed E-state index contributed by atoms with van der Waals surface area (Å²) in [4.78, 5) is 10.6. The molecule has 1 saturated heterocycles. The van der Waals surface area contributed by atoms with Gasteiger partial charge in [-0.2, -0.15) is 0 Å². The highest BCUT2D eigenvalue weighted by Crippen LogP contribution is 2.19. The maximum absolute atomic E-state index is 5.19. The SMILES string of the molecule is CNc1cncc(N2CC(OC)C2)n1. The molecule has 1 fully saturated rings. The number of anilines is 2.